The normalized spacial score (nSPS) is 10.1. The molecule has 1 heterocycles. The van der Waals surface area contributed by atoms with E-state index in [0.29, 0.717) is 27.0 Å². The fourth-order valence-corrected chi connectivity index (χ4v) is 3.49. The van der Waals surface area contributed by atoms with Gasteiger partial charge in [0, 0.05) is 10.5 Å². The van der Waals surface area contributed by atoms with E-state index in [1.54, 1.807) is 19.2 Å². The predicted octanol–water partition coefficient (Wildman–Crippen LogP) is 3.56. The number of anilines is 1. The van der Waals surface area contributed by atoms with Gasteiger partial charge in [-0.05, 0) is 44.0 Å². The highest BCUT2D eigenvalue weighted by Crippen LogP contribution is 2.36. The van der Waals surface area contributed by atoms with Crippen LogP contribution in [-0.2, 0) is 4.79 Å². The second-order valence-electron chi connectivity index (χ2n) is 5.76. The first kappa shape index (κ1) is 24.1. The summed E-state index contributed by atoms with van der Waals surface area (Å²) in [7, 11) is 2.96. The maximum Gasteiger partial charge on any atom is 0.322 e. The van der Waals surface area contributed by atoms with Gasteiger partial charge in [0.25, 0.3) is 11.2 Å². The molecule has 13 heteroatoms. The Labute approximate surface area is 191 Å². The predicted molar refractivity (Wildman–Crippen MR) is 120 cm³/mol. The van der Waals surface area contributed by atoms with Crippen molar-refractivity contribution in [3.8, 4) is 11.5 Å². The molecule has 0 fully saturated rings. The fraction of sp³-hybridized carbons (Fsp3) is 0.167. The van der Waals surface area contributed by atoms with Crippen LogP contribution >= 0.6 is 31.9 Å². The standard InChI is InChI=1S/C9H9BrN2O5.C9H7BrN2O2/c1-17-5-2-6(10)9(11-4-8(13)14)7(3-5)12(15)16;1-14-5-2-6(10)9-7(3-5)12-8(13)4-11-9/h2-3,11H,4H2,1H3,(H,13,14);2-4H,1H3,(H,12,13). The summed E-state index contributed by atoms with van der Waals surface area (Å²) in [6.07, 6.45) is 1.25. The number of ether oxygens (including phenoxy) is 2. The Morgan fingerprint density at radius 1 is 1.19 bits per heavy atom. The van der Waals surface area contributed by atoms with Crippen LogP contribution in [0.25, 0.3) is 11.0 Å². The maximum absolute atomic E-state index is 11.0. The van der Waals surface area contributed by atoms with E-state index in [-0.39, 0.29) is 16.9 Å². The second-order valence-corrected chi connectivity index (χ2v) is 7.47. The van der Waals surface area contributed by atoms with Crippen molar-refractivity contribution in [3.05, 3.63) is 59.9 Å². The summed E-state index contributed by atoms with van der Waals surface area (Å²) in [4.78, 5) is 38.3. The summed E-state index contributed by atoms with van der Waals surface area (Å²) in [5.74, 6) is -0.125. The smallest absolute Gasteiger partial charge is 0.322 e. The van der Waals surface area contributed by atoms with E-state index in [1.807, 2.05) is 0 Å². The van der Waals surface area contributed by atoms with E-state index >= 15 is 0 Å². The first-order chi connectivity index (χ1) is 14.7. The van der Waals surface area contributed by atoms with Gasteiger partial charge in [-0.1, -0.05) is 0 Å². The van der Waals surface area contributed by atoms with Crippen LogP contribution in [0.1, 0.15) is 0 Å². The van der Waals surface area contributed by atoms with E-state index in [0.717, 1.165) is 4.47 Å². The Balaban J connectivity index is 0.000000224. The van der Waals surface area contributed by atoms with Gasteiger partial charge in [-0.3, -0.25) is 19.7 Å². The molecule has 164 valence electrons. The number of nitrogens with zero attached hydrogens (tertiary/aromatic N) is 2. The van der Waals surface area contributed by atoms with Gasteiger partial charge in [-0.25, -0.2) is 4.98 Å². The third-order valence-electron chi connectivity index (χ3n) is 3.73. The molecule has 0 bridgehead atoms. The summed E-state index contributed by atoms with van der Waals surface area (Å²) < 4.78 is 11.1. The van der Waals surface area contributed by atoms with Gasteiger partial charge in [-0.15, -0.1) is 0 Å². The van der Waals surface area contributed by atoms with Gasteiger partial charge in [0.1, 0.15) is 29.2 Å². The number of aliphatic carboxylic acids is 1. The molecule has 3 aromatic rings. The highest BCUT2D eigenvalue weighted by Gasteiger charge is 2.19. The van der Waals surface area contributed by atoms with Gasteiger partial charge in [0.2, 0.25) is 0 Å². The molecule has 0 saturated carbocycles. The van der Waals surface area contributed by atoms with Crippen LogP contribution < -0.4 is 20.3 Å². The maximum atomic E-state index is 11.0. The number of nitrogens with one attached hydrogen (secondary N) is 2. The zero-order valence-corrected chi connectivity index (χ0v) is 19.3. The average Bonchev–Trinajstić information content (AvgIpc) is 2.72. The zero-order valence-electron chi connectivity index (χ0n) is 16.1. The van der Waals surface area contributed by atoms with Gasteiger partial charge in [-0.2, -0.15) is 0 Å². The summed E-state index contributed by atoms with van der Waals surface area (Å²) in [5.41, 5.74) is 1.00. The number of carboxylic acid groups (broad SMARTS) is 1. The van der Waals surface area contributed by atoms with Crippen molar-refractivity contribution < 1.29 is 24.3 Å². The Kier molecular flexibility index (Phi) is 8.33. The first-order valence-electron chi connectivity index (χ1n) is 8.36. The van der Waals surface area contributed by atoms with Crippen LogP contribution in [0.2, 0.25) is 0 Å². The number of methoxy groups -OCH3 is 2. The number of carboxylic acids is 1. The Hall–Kier alpha value is -3.19. The lowest BCUT2D eigenvalue weighted by Gasteiger charge is -2.09. The van der Waals surface area contributed by atoms with Crippen molar-refractivity contribution in [2.75, 3.05) is 26.1 Å². The lowest BCUT2D eigenvalue weighted by Crippen LogP contribution is -2.13. The van der Waals surface area contributed by atoms with Crippen molar-refractivity contribution in [1.29, 1.82) is 0 Å². The molecule has 0 saturated heterocycles. The van der Waals surface area contributed by atoms with E-state index < -0.39 is 17.4 Å². The number of nitro groups is 1. The van der Waals surface area contributed by atoms with Crippen molar-refractivity contribution in [2.45, 2.75) is 0 Å². The fourth-order valence-electron chi connectivity index (χ4n) is 2.38. The molecule has 1 aromatic heterocycles. The molecule has 0 aliphatic carbocycles. The number of rotatable bonds is 6. The van der Waals surface area contributed by atoms with E-state index in [4.69, 9.17) is 14.6 Å². The number of fused-ring (bicyclic) bond motifs is 1. The number of hydrogen-bond donors (Lipinski definition) is 3. The zero-order chi connectivity index (χ0) is 23.1. The summed E-state index contributed by atoms with van der Waals surface area (Å²) in [6, 6.07) is 6.26. The molecule has 3 rings (SSSR count). The summed E-state index contributed by atoms with van der Waals surface area (Å²) in [5, 5.41) is 21.8. The molecular weight excluding hydrogens is 544 g/mol. The Morgan fingerprint density at radius 2 is 1.81 bits per heavy atom. The topological polar surface area (TPSA) is 157 Å². The van der Waals surface area contributed by atoms with Crippen LogP contribution in [0, 0.1) is 10.1 Å². The molecule has 3 N–H and O–H groups in total. The lowest BCUT2D eigenvalue weighted by atomic mass is 10.2. The largest absolute Gasteiger partial charge is 0.497 e. The summed E-state index contributed by atoms with van der Waals surface area (Å²) >= 11 is 6.47. The van der Waals surface area contributed by atoms with Crippen LogP contribution in [0.5, 0.6) is 11.5 Å². The average molecular weight is 560 g/mol. The van der Waals surface area contributed by atoms with Gasteiger partial charge in [0.05, 0.1) is 41.4 Å². The molecule has 0 atom stereocenters. The SMILES string of the molecule is COc1cc(Br)c(NCC(=O)O)c([N+](=O)[O-])c1.COc1cc(Br)c2ncc(=O)[nH]c2c1. The monoisotopic (exact) mass is 558 g/mol. The lowest BCUT2D eigenvalue weighted by molar-refractivity contribution is -0.384. The number of aromatic nitrogens is 2. The Morgan fingerprint density at radius 3 is 2.39 bits per heavy atom. The molecule has 0 spiro atoms. The molecule has 0 unspecified atom stereocenters. The van der Waals surface area contributed by atoms with E-state index in [1.165, 1.54) is 25.4 Å². The molecule has 0 radical (unpaired) electrons. The minimum Gasteiger partial charge on any atom is -0.497 e. The van der Waals surface area contributed by atoms with Crippen LogP contribution in [0.4, 0.5) is 11.4 Å². The van der Waals surface area contributed by atoms with Gasteiger partial charge in [0.15, 0.2) is 0 Å². The second kappa shape index (κ2) is 10.7. The van der Waals surface area contributed by atoms with E-state index in [2.05, 4.69) is 47.1 Å². The molecule has 0 aliphatic rings. The number of hydrogen-bond acceptors (Lipinski definition) is 8. The van der Waals surface area contributed by atoms with Gasteiger partial charge >= 0.3 is 5.97 Å². The molecule has 31 heavy (non-hydrogen) atoms. The quantitative estimate of drug-likeness (QED) is 0.303. The minimum absolute atomic E-state index is 0.109. The number of carbonyl (C=O) groups is 1. The van der Waals surface area contributed by atoms with Crippen LogP contribution in [0.3, 0.4) is 0 Å². The number of halogens is 2. The molecule has 0 amide bonds. The number of aromatic amines is 1. The van der Waals surface area contributed by atoms with Crippen LogP contribution in [0.15, 0.2) is 44.2 Å². The summed E-state index contributed by atoms with van der Waals surface area (Å²) in [6.45, 7) is -0.411. The molecule has 11 nitrogen and oxygen atoms in total. The Bertz CT molecular complexity index is 1180. The highest BCUT2D eigenvalue weighted by atomic mass is 79.9. The molecule has 2 aromatic carbocycles. The van der Waals surface area contributed by atoms with Crippen molar-refractivity contribution in [2.24, 2.45) is 0 Å². The number of benzene rings is 2. The third kappa shape index (κ3) is 6.39. The van der Waals surface area contributed by atoms with Gasteiger partial charge < -0.3 is 24.9 Å². The molecule has 0 aliphatic heterocycles. The minimum atomic E-state index is -1.11. The number of H-pyrrole nitrogens is 1. The molecular formula is C18H16Br2N4O7. The van der Waals surface area contributed by atoms with E-state index in [9.17, 15) is 19.7 Å². The van der Waals surface area contributed by atoms with Crippen LogP contribution in [-0.4, -0.2) is 46.7 Å². The van der Waals surface area contributed by atoms with Crippen molar-refractivity contribution in [1.82, 2.24) is 9.97 Å². The number of nitro benzene ring substituents is 1. The first-order valence-corrected chi connectivity index (χ1v) is 9.95. The third-order valence-corrected chi connectivity index (χ3v) is 4.96. The van der Waals surface area contributed by atoms with Crippen molar-refractivity contribution >= 4 is 60.2 Å². The highest BCUT2D eigenvalue weighted by molar-refractivity contribution is 9.11. The van der Waals surface area contributed by atoms with Crippen molar-refractivity contribution in [3.63, 3.8) is 0 Å².